The van der Waals surface area contributed by atoms with Gasteiger partial charge in [0.25, 0.3) is 11.1 Å². The van der Waals surface area contributed by atoms with Crippen LogP contribution in [0.4, 0.5) is 4.79 Å². The zero-order valence-corrected chi connectivity index (χ0v) is 16.5. The van der Waals surface area contributed by atoms with Gasteiger partial charge in [0.1, 0.15) is 0 Å². The van der Waals surface area contributed by atoms with Crippen LogP contribution in [0.2, 0.25) is 5.02 Å². The highest BCUT2D eigenvalue weighted by Crippen LogP contribution is 2.35. The summed E-state index contributed by atoms with van der Waals surface area (Å²) < 4.78 is 10.8. The van der Waals surface area contributed by atoms with Crippen molar-refractivity contribution in [1.29, 1.82) is 0 Å². The van der Waals surface area contributed by atoms with Crippen LogP contribution in [0, 0.1) is 0 Å². The molecular formula is C20H18ClNO4S. The Bertz CT molecular complexity index is 913. The van der Waals surface area contributed by atoms with Crippen LogP contribution in [0.15, 0.2) is 47.4 Å². The fourth-order valence-corrected chi connectivity index (χ4v) is 3.67. The van der Waals surface area contributed by atoms with Gasteiger partial charge in [-0.2, -0.15) is 0 Å². The van der Waals surface area contributed by atoms with Crippen molar-refractivity contribution >= 4 is 40.6 Å². The molecule has 0 aliphatic carbocycles. The lowest BCUT2D eigenvalue weighted by atomic mass is 10.1. The van der Waals surface area contributed by atoms with Gasteiger partial charge in [-0.1, -0.05) is 35.9 Å². The van der Waals surface area contributed by atoms with Gasteiger partial charge in [0.15, 0.2) is 11.5 Å². The molecule has 0 bridgehead atoms. The number of carbonyl (C=O) groups is 2. The van der Waals surface area contributed by atoms with Crippen LogP contribution in [0.25, 0.3) is 6.08 Å². The SMILES string of the molecule is CCOc1ccc(/C=C2\SC(=O)N(Cc3ccccc3Cl)C2=O)cc1OC. The molecule has 1 fully saturated rings. The third-order valence-corrected chi connectivity index (χ3v) is 5.22. The van der Waals surface area contributed by atoms with Gasteiger partial charge in [0.05, 0.1) is 25.2 Å². The van der Waals surface area contributed by atoms with Crippen LogP contribution in [-0.2, 0) is 11.3 Å². The normalized spacial score (nSPS) is 15.5. The van der Waals surface area contributed by atoms with E-state index in [1.165, 1.54) is 4.90 Å². The monoisotopic (exact) mass is 403 g/mol. The highest BCUT2D eigenvalue weighted by Gasteiger charge is 2.35. The van der Waals surface area contributed by atoms with Crippen molar-refractivity contribution in [2.75, 3.05) is 13.7 Å². The summed E-state index contributed by atoms with van der Waals surface area (Å²) in [5.74, 6) is 0.864. The van der Waals surface area contributed by atoms with Gasteiger partial charge >= 0.3 is 0 Å². The number of amides is 2. The van der Waals surface area contributed by atoms with E-state index in [2.05, 4.69) is 0 Å². The molecule has 7 heteroatoms. The highest BCUT2D eigenvalue weighted by atomic mass is 35.5. The van der Waals surface area contributed by atoms with Gasteiger partial charge in [-0.15, -0.1) is 0 Å². The summed E-state index contributed by atoms with van der Waals surface area (Å²) >= 11 is 7.05. The molecule has 1 aliphatic heterocycles. The van der Waals surface area contributed by atoms with E-state index in [1.807, 2.05) is 19.1 Å². The fourth-order valence-electron chi connectivity index (χ4n) is 2.63. The smallest absolute Gasteiger partial charge is 0.293 e. The van der Waals surface area contributed by atoms with Gasteiger partial charge in [0.2, 0.25) is 0 Å². The number of benzene rings is 2. The summed E-state index contributed by atoms with van der Waals surface area (Å²) in [6.45, 7) is 2.56. The topological polar surface area (TPSA) is 55.8 Å². The van der Waals surface area contributed by atoms with Gasteiger partial charge in [-0.3, -0.25) is 14.5 Å². The lowest BCUT2D eigenvalue weighted by Crippen LogP contribution is -2.27. The van der Waals surface area contributed by atoms with Crippen molar-refractivity contribution in [3.05, 3.63) is 63.5 Å². The Morgan fingerprint density at radius 1 is 1.15 bits per heavy atom. The second-order valence-corrected chi connectivity index (χ2v) is 7.10. The van der Waals surface area contributed by atoms with Crippen LogP contribution in [0.1, 0.15) is 18.1 Å². The van der Waals surface area contributed by atoms with Gasteiger partial charge in [0, 0.05) is 5.02 Å². The maximum atomic E-state index is 12.7. The number of rotatable bonds is 6. The number of halogens is 1. The number of hydrogen-bond acceptors (Lipinski definition) is 5. The summed E-state index contributed by atoms with van der Waals surface area (Å²) in [7, 11) is 1.55. The standard InChI is InChI=1S/C20H18ClNO4S/c1-3-26-16-9-8-13(10-17(16)25-2)11-18-19(23)22(20(24)27-18)12-14-6-4-5-7-15(14)21/h4-11H,3,12H2,1-2H3/b18-11-. The van der Waals surface area contributed by atoms with Gasteiger partial charge in [-0.05, 0) is 54.1 Å². The lowest BCUT2D eigenvalue weighted by Gasteiger charge is -2.13. The Labute approximate surface area is 166 Å². The van der Waals surface area contributed by atoms with Crippen molar-refractivity contribution in [3.63, 3.8) is 0 Å². The fraction of sp³-hybridized carbons (Fsp3) is 0.200. The van der Waals surface area contributed by atoms with Gasteiger partial charge < -0.3 is 9.47 Å². The van der Waals surface area contributed by atoms with Gasteiger partial charge in [-0.25, -0.2) is 0 Å². The first-order valence-electron chi connectivity index (χ1n) is 8.33. The number of carbonyl (C=O) groups excluding carboxylic acids is 2. The summed E-state index contributed by atoms with van der Waals surface area (Å²) in [5.41, 5.74) is 1.48. The van der Waals surface area contributed by atoms with E-state index in [0.717, 1.165) is 22.9 Å². The minimum absolute atomic E-state index is 0.147. The minimum atomic E-state index is -0.335. The zero-order chi connectivity index (χ0) is 19.4. The minimum Gasteiger partial charge on any atom is -0.493 e. The Morgan fingerprint density at radius 2 is 1.93 bits per heavy atom. The number of methoxy groups -OCH3 is 1. The Morgan fingerprint density at radius 3 is 2.63 bits per heavy atom. The van der Waals surface area contributed by atoms with Crippen molar-refractivity contribution in [2.45, 2.75) is 13.5 Å². The maximum absolute atomic E-state index is 12.7. The molecule has 27 heavy (non-hydrogen) atoms. The van der Waals surface area contributed by atoms with E-state index in [-0.39, 0.29) is 17.7 Å². The van der Waals surface area contributed by atoms with E-state index in [0.29, 0.717) is 28.0 Å². The third kappa shape index (κ3) is 4.28. The average molecular weight is 404 g/mol. The van der Waals surface area contributed by atoms with Crippen LogP contribution in [-0.4, -0.2) is 29.8 Å². The molecular weight excluding hydrogens is 386 g/mol. The molecule has 5 nitrogen and oxygen atoms in total. The number of ether oxygens (including phenoxy) is 2. The molecule has 1 saturated heterocycles. The van der Waals surface area contributed by atoms with E-state index in [9.17, 15) is 9.59 Å². The quantitative estimate of drug-likeness (QED) is 0.636. The molecule has 140 valence electrons. The van der Waals surface area contributed by atoms with E-state index in [4.69, 9.17) is 21.1 Å². The van der Waals surface area contributed by atoms with E-state index in [1.54, 1.807) is 43.5 Å². The molecule has 0 radical (unpaired) electrons. The predicted octanol–water partition coefficient (Wildman–Crippen LogP) is 4.98. The molecule has 2 amide bonds. The Hall–Kier alpha value is -2.44. The van der Waals surface area contributed by atoms with Crippen molar-refractivity contribution in [1.82, 2.24) is 4.90 Å². The number of hydrogen-bond donors (Lipinski definition) is 0. The average Bonchev–Trinajstić information content (AvgIpc) is 2.92. The molecule has 0 unspecified atom stereocenters. The molecule has 2 aromatic rings. The summed E-state index contributed by atoms with van der Waals surface area (Å²) in [6, 6.07) is 12.5. The zero-order valence-electron chi connectivity index (χ0n) is 14.9. The third-order valence-electron chi connectivity index (χ3n) is 3.95. The van der Waals surface area contributed by atoms with Crippen molar-refractivity contribution in [2.24, 2.45) is 0 Å². The van der Waals surface area contributed by atoms with Crippen LogP contribution >= 0.6 is 23.4 Å². The molecule has 0 spiro atoms. The molecule has 0 saturated carbocycles. The summed E-state index contributed by atoms with van der Waals surface area (Å²) in [5, 5.41) is 0.209. The first-order chi connectivity index (χ1) is 13.0. The maximum Gasteiger partial charge on any atom is 0.293 e. The number of thioether (sulfide) groups is 1. The van der Waals surface area contributed by atoms with Crippen LogP contribution in [0.3, 0.4) is 0 Å². The Kier molecular flexibility index (Phi) is 6.08. The van der Waals surface area contributed by atoms with E-state index >= 15 is 0 Å². The first kappa shape index (κ1) is 19.3. The molecule has 0 N–H and O–H groups in total. The molecule has 1 heterocycles. The summed E-state index contributed by atoms with van der Waals surface area (Å²) in [4.78, 5) is 26.5. The summed E-state index contributed by atoms with van der Waals surface area (Å²) in [6.07, 6.45) is 1.68. The number of nitrogens with zero attached hydrogens (tertiary/aromatic N) is 1. The highest BCUT2D eigenvalue weighted by molar-refractivity contribution is 8.18. The van der Waals surface area contributed by atoms with Crippen molar-refractivity contribution < 1.29 is 19.1 Å². The second-order valence-electron chi connectivity index (χ2n) is 5.70. The van der Waals surface area contributed by atoms with Crippen LogP contribution in [0.5, 0.6) is 11.5 Å². The van der Waals surface area contributed by atoms with E-state index < -0.39 is 0 Å². The predicted molar refractivity (Wildman–Crippen MR) is 107 cm³/mol. The largest absolute Gasteiger partial charge is 0.493 e. The molecule has 2 aromatic carbocycles. The molecule has 0 atom stereocenters. The molecule has 3 rings (SSSR count). The number of imide groups is 1. The van der Waals surface area contributed by atoms with Crippen molar-refractivity contribution in [3.8, 4) is 11.5 Å². The first-order valence-corrected chi connectivity index (χ1v) is 9.52. The Balaban J connectivity index is 1.83. The molecule has 1 aliphatic rings. The second kappa shape index (κ2) is 8.50. The molecule has 0 aromatic heterocycles. The lowest BCUT2D eigenvalue weighted by molar-refractivity contribution is -0.123. The van der Waals surface area contributed by atoms with Crippen LogP contribution < -0.4 is 9.47 Å².